The molecule has 3 aromatic carbocycles. The maximum absolute atomic E-state index is 12.9. The minimum Gasteiger partial charge on any atom is -0.485 e. The number of rotatable bonds is 7. The van der Waals surface area contributed by atoms with Crippen molar-refractivity contribution in [3.05, 3.63) is 95.6 Å². The van der Waals surface area contributed by atoms with E-state index in [4.69, 9.17) is 9.47 Å². The Labute approximate surface area is 177 Å². The molecule has 0 spiro atoms. The first kappa shape index (κ1) is 20.0. The summed E-state index contributed by atoms with van der Waals surface area (Å²) in [5.41, 5.74) is 2.75. The van der Waals surface area contributed by atoms with Crippen molar-refractivity contribution in [1.29, 1.82) is 0 Å². The number of amides is 1. The number of nitrogens with one attached hydrogen (secondary N) is 1. The summed E-state index contributed by atoms with van der Waals surface area (Å²) in [6, 6.07) is 25.4. The summed E-state index contributed by atoms with van der Waals surface area (Å²) in [4.78, 5) is 14.8. The zero-order valence-electron chi connectivity index (χ0n) is 16.9. The Bertz CT molecular complexity index is 955. The number of ether oxygens (including phenoxy) is 2. The molecule has 0 aromatic heterocycles. The second-order valence-electron chi connectivity index (χ2n) is 7.25. The molecule has 1 aliphatic heterocycles. The van der Waals surface area contributed by atoms with Gasteiger partial charge in [0.1, 0.15) is 13.2 Å². The fraction of sp³-hybridized carbons (Fsp3) is 0.240. The second-order valence-corrected chi connectivity index (χ2v) is 7.25. The highest BCUT2D eigenvalue weighted by molar-refractivity contribution is 5.95. The lowest BCUT2D eigenvalue weighted by Gasteiger charge is -2.27. The SMILES string of the molecule is O=C(c1ccc(OCc2ccccc2)c(OCc2ccccc2)c1)N1CCNCC1. The molecule has 1 aliphatic rings. The van der Waals surface area contributed by atoms with Crippen LogP contribution in [-0.4, -0.2) is 37.0 Å². The van der Waals surface area contributed by atoms with Gasteiger partial charge in [-0.15, -0.1) is 0 Å². The van der Waals surface area contributed by atoms with Gasteiger partial charge in [0.25, 0.3) is 5.91 Å². The van der Waals surface area contributed by atoms with Gasteiger partial charge in [0.15, 0.2) is 11.5 Å². The molecule has 30 heavy (non-hydrogen) atoms. The molecule has 5 nitrogen and oxygen atoms in total. The van der Waals surface area contributed by atoms with Crippen LogP contribution in [-0.2, 0) is 13.2 Å². The van der Waals surface area contributed by atoms with E-state index in [2.05, 4.69) is 5.32 Å². The fourth-order valence-electron chi connectivity index (χ4n) is 3.39. The molecular weight excluding hydrogens is 376 g/mol. The van der Waals surface area contributed by atoms with E-state index in [1.807, 2.05) is 77.7 Å². The van der Waals surface area contributed by atoms with Crippen molar-refractivity contribution in [2.24, 2.45) is 0 Å². The quantitative estimate of drug-likeness (QED) is 0.651. The lowest BCUT2D eigenvalue weighted by molar-refractivity contribution is 0.0735. The highest BCUT2D eigenvalue weighted by Crippen LogP contribution is 2.30. The van der Waals surface area contributed by atoms with E-state index in [9.17, 15) is 4.79 Å². The lowest BCUT2D eigenvalue weighted by Crippen LogP contribution is -2.46. The van der Waals surface area contributed by atoms with Gasteiger partial charge in [-0.1, -0.05) is 60.7 Å². The third kappa shape index (κ3) is 5.19. The zero-order chi connectivity index (χ0) is 20.6. The van der Waals surface area contributed by atoms with Crippen LogP contribution in [0.1, 0.15) is 21.5 Å². The molecular formula is C25H26N2O3. The molecule has 0 bridgehead atoms. The predicted molar refractivity (Wildman–Crippen MR) is 117 cm³/mol. The third-order valence-electron chi connectivity index (χ3n) is 5.07. The van der Waals surface area contributed by atoms with Crippen molar-refractivity contribution in [3.8, 4) is 11.5 Å². The molecule has 3 aromatic rings. The second kappa shape index (κ2) is 9.94. The average molecular weight is 402 g/mol. The van der Waals surface area contributed by atoms with Crippen molar-refractivity contribution >= 4 is 5.91 Å². The number of piperazine rings is 1. The highest BCUT2D eigenvalue weighted by Gasteiger charge is 2.20. The van der Waals surface area contributed by atoms with Crippen LogP contribution in [0.25, 0.3) is 0 Å². The molecule has 1 fully saturated rings. The third-order valence-corrected chi connectivity index (χ3v) is 5.07. The van der Waals surface area contributed by atoms with Crippen LogP contribution in [0, 0.1) is 0 Å². The summed E-state index contributed by atoms with van der Waals surface area (Å²) in [6.07, 6.45) is 0. The van der Waals surface area contributed by atoms with Crippen LogP contribution in [0.5, 0.6) is 11.5 Å². The summed E-state index contributed by atoms with van der Waals surface area (Å²) < 4.78 is 12.1. The lowest BCUT2D eigenvalue weighted by atomic mass is 10.1. The Morgan fingerprint density at radius 1 is 0.767 bits per heavy atom. The molecule has 0 unspecified atom stereocenters. The van der Waals surface area contributed by atoms with Crippen LogP contribution in [0.2, 0.25) is 0 Å². The summed E-state index contributed by atoms with van der Waals surface area (Å²) in [5.74, 6) is 1.23. The predicted octanol–water partition coefficient (Wildman–Crippen LogP) is 3.89. The first-order valence-corrected chi connectivity index (χ1v) is 10.3. The molecule has 0 saturated carbocycles. The van der Waals surface area contributed by atoms with E-state index in [0.717, 1.165) is 24.2 Å². The topological polar surface area (TPSA) is 50.8 Å². The van der Waals surface area contributed by atoms with Crippen LogP contribution in [0.4, 0.5) is 0 Å². The monoisotopic (exact) mass is 402 g/mol. The molecule has 0 atom stereocenters. The average Bonchev–Trinajstić information content (AvgIpc) is 2.83. The smallest absolute Gasteiger partial charge is 0.254 e. The molecule has 1 saturated heterocycles. The fourth-order valence-corrected chi connectivity index (χ4v) is 3.39. The number of carbonyl (C=O) groups excluding carboxylic acids is 1. The minimum atomic E-state index is 0.0238. The van der Waals surface area contributed by atoms with Gasteiger partial charge < -0.3 is 19.7 Å². The highest BCUT2D eigenvalue weighted by atomic mass is 16.5. The van der Waals surface area contributed by atoms with Gasteiger partial charge in [-0.2, -0.15) is 0 Å². The molecule has 1 amide bonds. The van der Waals surface area contributed by atoms with Gasteiger partial charge in [0.05, 0.1) is 0 Å². The number of hydrogen-bond donors (Lipinski definition) is 1. The Hall–Kier alpha value is -3.31. The maximum Gasteiger partial charge on any atom is 0.254 e. The summed E-state index contributed by atoms with van der Waals surface area (Å²) in [5, 5.41) is 3.27. The molecule has 1 heterocycles. The van der Waals surface area contributed by atoms with Crippen LogP contribution in [0.15, 0.2) is 78.9 Å². The van der Waals surface area contributed by atoms with Crippen LogP contribution in [0.3, 0.4) is 0 Å². The Balaban J connectivity index is 1.53. The van der Waals surface area contributed by atoms with E-state index in [-0.39, 0.29) is 5.91 Å². The van der Waals surface area contributed by atoms with Gasteiger partial charge >= 0.3 is 0 Å². The van der Waals surface area contributed by atoms with Crippen molar-refractivity contribution in [1.82, 2.24) is 10.2 Å². The number of hydrogen-bond acceptors (Lipinski definition) is 4. The number of nitrogens with zero attached hydrogens (tertiary/aromatic N) is 1. The van der Waals surface area contributed by atoms with Gasteiger partial charge in [-0.05, 0) is 29.3 Å². The Morgan fingerprint density at radius 2 is 1.33 bits per heavy atom. The normalized spacial score (nSPS) is 13.7. The van der Waals surface area contributed by atoms with Gasteiger partial charge in [-0.3, -0.25) is 4.79 Å². The summed E-state index contributed by atoms with van der Waals surface area (Å²) >= 11 is 0. The molecule has 154 valence electrons. The Morgan fingerprint density at radius 3 is 1.93 bits per heavy atom. The number of benzene rings is 3. The van der Waals surface area contributed by atoms with Gasteiger partial charge in [0.2, 0.25) is 0 Å². The van der Waals surface area contributed by atoms with Crippen LogP contribution >= 0.6 is 0 Å². The van der Waals surface area contributed by atoms with Crippen molar-refractivity contribution in [3.63, 3.8) is 0 Å². The van der Waals surface area contributed by atoms with Crippen molar-refractivity contribution in [2.75, 3.05) is 26.2 Å². The first-order chi connectivity index (χ1) is 14.8. The zero-order valence-corrected chi connectivity index (χ0v) is 16.9. The molecule has 0 aliphatic carbocycles. The summed E-state index contributed by atoms with van der Waals surface area (Å²) in [6.45, 7) is 3.92. The van der Waals surface area contributed by atoms with E-state index in [1.165, 1.54) is 0 Å². The molecule has 4 rings (SSSR count). The van der Waals surface area contributed by atoms with Crippen molar-refractivity contribution in [2.45, 2.75) is 13.2 Å². The minimum absolute atomic E-state index is 0.0238. The van der Waals surface area contributed by atoms with Gasteiger partial charge in [0, 0.05) is 31.7 Å². The Kier molecular flexibility index (Phi) is 6.62. The molecule has 5 heteroatoms. The van der Waals surface area contributed by atoms with Crippen molar-refractivity contribution < 1.29 is 14.3 Å². The maximum atomic E-state index is 12.9. The molecule has 0 radical (unpaired) electrons. The van der Waals surface area contributed by atoms with Gasteiger partial charge in [-0.25, -0.2) is 0 Å². The van der Waals surface area contributed by atoms with E-state index < -0.39 is 0 Å². The first-order valence-electron chi connectivity index (χ1n) is 10.3. The largest absolute Gasteiger partial charge is 0.485 e. The van der Waals surface area contributed by atoms with E-state index >= 15 is 0 Å². The number of carbonyl (C=O) groups is 1. The van der Waals surface area contributed by atoms with E-state index in [1.54, 1.807) is 6.07 Å². The molecule has 1 N–H and O–H groups in total. The summed E-state index contributed by atoms with van der Waals surface area (Å²) in [7, 11) is 0. The standard InChI is InChI=1S/C25H26N2O3/c28-25(27-15-13-26-14-16-27)22-11-12-23(29-18-20-7-3-1-4-8-20)24(17-22)30-19-21-9-5-2-6-10-21/h1-12,17,26H,13-16,18-19H2. The van der Waals surface area contributed by atoms with E-state index in [0.29, 0.717) is 43.4 Å². The van der Waals surface area contributed by atoms with Crippen LogP contribution < -0.4 is 14.8 Å².